The van der Waals surface area contributed by atoms with Crippen LogP contribution in [0.25, 0.3) is 11.2 Å². The van der Waals surface area contributed by atoms with Crippen molar-refractivity contribution in [2.24, 2.45) is 0 Å². The van der Waals surface area contributed by atoms with Gasteiger partial charge in [-0.3, -0.25) is 14.3 Å². The molecular weight excluding hydrogens is 294 g/mol. The number of aromatic amines is 1. The Morgan fingerprint density at radius 1 is 1.59 bits per heavy atom. The minimum Gasteiger partial charge on any atom is -0.394 e. The summed E-state index contributed by atoms with van der Waals surface area (Å²) in [5, 5.41) is 30.2. The Hall–Kier alpha value is -2.01. The second kappa shape index (κ2) is 5.02. The molecule has 22 heavy (non-hydrogen) atoms. The molecule has 1 aliphatic rings. The van der Waals surface area contributed by atoms with E-state index in [2.05, 4.69) is 15.0 Å². The molecule has 1 saturated heterocycles. The SMILES string of the molecule is CC[C@@]1(O)[C@H](O)[C@@H](CO)O[C@H]1n1cnc2c(=O)[nH]c(N)nc21. The topological polar surface area (TPSA) is 160 Å². The van der Waals surface area contributed by atoms with Crippen molar-refractivity contribution >= 4 is 17.1 Å². The molecule has 4 atom stereocenters. The van der Waals surface area contributed by atoms with Crippen LogP contribution in [-0.2, 0) is 4.74 Å². The molecule has 2 aromatic rings. The number of imidazole rings is 1. The molecule has 0 aromatic carbocycles. The summed E-state index contributed by atoms with van der Waals surface area (Å²) >= 11 is 0. The predicted molar refractivity (Wildman–Crippen MR) is 74.8 cm³/mol. The van der Waals surface area contributed by atoms with Gasteiger partial charge in [0.25, 0.3) is 5.56 Å². The maximum absolute atomic E-state index is 11.8. The predicted octanol–water partition coefficient (Wildman–Crippen LogP) is -1.91. The van der Waals surface area contributed by atoms with Gasteiger partial charge < -0.3 is 25.8 Å². The lowest BCUT2D eigenvalue weighted by Crippen LogP contribution is -2.46. The molecule has 2 aromatic heterocycles. The number of nitrogens with zero attached hydrogens (tertiary/aromatic N) is 3. The fourth-order valence-corrected chi connectivity index (χ4v) is 2.77. The Balaban J connectivity index is 2.16. The summed E-state index contributed by atoms with van der Waals surface area (Å²) in [4.78, 5) is 22.1. The molecule has 0 amide bonds. The number of aliphatic hydroxyl groups excluding tert-OH is 2. The minimum absolute atomic E-state index is 0.0400. The average Bonchev–Trinajstić information content (AvgIpc) is 3.00. The number of H-pyrrole nitrogens is 1. The lowest BCUT2D eigenvalue weighted by atomic mass is 9.91. The molecule has 1 aliphatic heterocycles. The van der Waals surface area contributed by atoms with Gasteiger partial charge >= 0.3 is 0 Å². The third kappa shape index (κ3) is 1.92. The highest BCUT2D eigenvalue weighted by Crippen LogP contribution is 2.41. The summed E-state index contributed by atoms with van der Waals surface area (Å²) in [5.41, 5.74) is 3.53. The van der Waals surface area contributed by atoms with Gasteiger partial charge in [-0.1, -0.05) is 6.92 Å². The maximum atomic E-state index is 11.8. The largest absolute Gasteiger partial charge is 0.394 e. The van der Waals surface area contributed by atoms with Gasteiger partial charge in [-0.25, -0.2) is 4.98 Å². The first-order valence-electron chi connectivity index (χ1n) is 6.81. The second-order valence-corrected chi connectivity index (χ2v) is 5.27. The van der Waals surface area contributed by atoms with Gasteiger partial charge in [0.1, 0.15) is 17.8 Å². The summed E-state index contributed by atoms with van der Waals surface area (Å²) in [6, 6.07) is 0. The van der Waals surface area contributed by atoms with Crippen LogP contribution in [0.3, 0.4) is 0 Å². The number of hydrogen-bond acceptors (Lipinski definition) is 8. The van der Waals surface area contributed by atoms with Crippen LogP contribution in [-0.4, -0.2) is 59.3 Å². The Bertz CT molecular complexity index is 758. The van der Waals surface area contributed by atoms with Gasteiger partial charge in [-0.2, -0.15) is 4.98 Å². The third-order valence-corrected chi connectivity index (χ3v) is 4.05. The molecule has 3 heterocycles. The van der Waals surface area contributed by atoms with Crippen molar-refractivity contribution < 1.29 is 20.1 Å². The lowest BCUT2D eigenvalue weighted by molar-refractivity contribution is -0.109. The highest BCUT2D eigenvalue weighted by Gasteiger charge is 2.55. The highest BCUT2D eigenvalue weighted by atomic mass is 16.6. The highest BCUT2D eigenvalue weighted by molar-refractivity contribution is 5.70. The van der Waals surface area contributed by atoms with Gasteiger partial charge in [-0.15, -0.1) is 0 Å². The molecule has 0 spiro atoms. The van der Waals surface area contributed by atoms with E-state index < -0.39 is 36.2 Å². The summed E-state index contributed by atoms with van der Waals surface area (Å²) in [6.45, 7) is 1.22. The number of nitrogen functional groups attached to an aromatic ring is 1. The van der Waals surface area contributed by atoms with Crippen molar-refractivity contribution in [3.05, 3.63) is 16.7 Å². The summed E-state index contributed by atoms with van der Waals surface area (Å²) in [6.07, 6.45) is -1.85. The van der Waals surface area contributed by atoms with E-state index in [0.29, 0.717) is 0 Å². The molecule has 6 N–H and O–H groups in total. The van der Waals surface area contributed by atoms with Crippen LogP contribution in [0.5, 0.6) is 0 Å². The van der Waals surface area contributed by atoms with E-state index in [1.165, 1.54) is 10.9 Å². The van der Waals surface area contributed by atoms with Crippen LogP contribution >= 0.6 is 0 Å². The summed E-state index contributed by atoms with van der Waals surface area (Å²) in [7, 11) is 0. The summed E-state index contributed by atoms with van der Waals surface area (Å²) < 4.78 is 6.88. The number of hydrogen-bond donors (Lipinski definition) is 5. The Morgan fingerprint density at radius 2 is 2.32 bits per heavy atom. The first kappa shape index (κ1) is 14.9. The van der Waals surface area contributed by atoms with Crippen LogP contribution in [0.2, 0.25) is 0 Å². The zero-order valence-electron chi connectivity index (χ0n) is 11.8. The fraction of sp³-hybridized carbons (Fsp3) is 0.583. The van der Waals surface area contributed by atoms with E-state index >= 15 is 0 Å². The van der Waals surface area contributed by atoms with Gasteiger partial charge in [0.2, 0.25) is 5.95 Å². The molecule has 0 bridgehead atoms. The van der Waals surface area contributed by atoms with Crippen LogP contribution in [0, 0.1) is 0 Å². The van der Waals surface area contributed by atoms with Crippen molar-refractivity contribution in [2.75, 3.05) is 12.3 Å². The smallest absolute Gasteiger partial charge is 0.280 e. The monoisotopic (exact) mass is 311 g/mol. The van der Waals surface area contributed by atoms with Crippen molar-refractivity contribution in [1.29, 1.82) is 0 Å². The fourth-order valence-electron chi connectivity index (χ4n) is 2.77. The first-order chi connectivity index (χ1) is 10.4. The van der Waals surface area contributed by atoms with E-state index in [-0.39, 0.29) is 23.5 Å². The number of aliphatic hydroxyl groups is 3. The Morgan fingerprint density at radius 3 is 2.95 bits per heavy atom. The zero-order valence-corrected chi connectivity index (χ0v) is 11.8. The number of fused-ring (bicyclic) bond motifs is 1. The van der Waals surface area contributed by atoms with E-state index in [4.69, 9.17) is 10.5 Å². The van der Waals surface area contributed by atoms with E-state index in [1.807, 2.05) is 0 Å². The van der Waals surface area contributed by atoms with Crippen molar-refractivity contribution in [1.82, 2.24) is 19.5 Å². The molecular formula is C12H17N5O5. The number of anilines is 1. The van der Waals surface area contributed by atoms with E-state index in [9.17, 15) is 20.1 Å². The molecule has 0 aliphatic carbocycles. The molecule has 10 nitrogen and oxygen atoms in total. The number of rotatable bonds is 3. The van der Waals surface area contributed by atoms with Crippen LogP contribution < -0.4 is 11.3 Å². The Labute approximate surface area is 124 Å². The molecule has 10 heteroatoms. The van der Waals surface area contributed by atoms with Gasteiger partial charge in [0, 0.05) is 0 Å². The van der Waals surface area contributed by atoms with Crippen LogP contribution in [0.1, 0.15) is 19.6 Å². The van der Waals surface area contributed by atoms with E-state index in [1.54, 1.807) is 6.92 Å². The van der Waals surface area contributed by atoms with Crippen LogP contribution in [0.4, 0.5) is 5.95 Å². The zero-order chi connectivity index (χ0) is 16.1. The number of ether oxygens (including phenoxy) is 1. The molecule has 0 radical (unpaired) electrons. The quantitative estimate of drug-likeness (QED) is 0.439. The van der Waals surface area contributed by atoms with E-state index in [0.717, 1.165) is 0 Å². The van der Waals surface area contributed by atoms with Crippen molar-refractivity contribution in [2.45, 2.75) is 37.4 Å². The third-order valence-electron chi connectivity index (χ3n) is 4.05. The van der Waals surface area contributed by atoms with Crippen molar-refractivity contribution in [3.8, 4) is 0 Å². The molecule has 0 saturated carbocycles. The average molecular weight is 311 g/mol. The van der Waals surface area contributed by atoms with Gasteiger partial charge in [-0.05, 0) is 6.42 Å². The maximum Gasteiger partial charge on any atom is 0.280 e. The van der Waals surface area contributed by atoms with Crippen LogP contribution in [0.15, 0.2) is 11.1 Å². The number of nitrogens with two attached hydrogens (primary N) is 1. The summed E-state index contributed by atoms with van der Waals surface area (Å²) in [5.74, 6) is -0.100. The molecule has 120 valence electrons. The molecule has 1 fully saturated rings. The minimum atomic E-state index is -1.65. The van der Waals surface area contributed by atoms with Gasteiger partial charge in [0.05, 0.1) is 12.9 Å². The molecule has 3 rings (SSSR count). The number of nitrogens with one attached hydrogen (secondary N) is 1. The second-order valence-electron chi connectivity index (χ2n) is 5.27. The number of aromatic nitrogens is 4. The normalized spacial score (nSPS) is 31.9. The standard InChI is InChI=1S/C12H17N5O5/c1-2-12(21)7(19)5(3-18)22-10(12)17-4-14-6-8(17)15-11(13)16-9(6)20/h4-5,7,10,18-19,21H,2-3H2,1H3,(H3,13,15,16,20)/t5-,7-,10-,12-/m1/s1. The van der Waals surface area contributed by atoms with Gasteiger partial charge in [0.15, 0.2) is 17.4 Å². The Kier molecular flexibility index (Phi) is 3.40. The first-order valence-corrected chi connectivity index (χ1v) is 6.81. The molecule has 0 unspecified atom stereocenters. The lowest BCUT2D eigenvalue weighted by Gasteiger charge is -2.30. The van der Waals surface area contributed by atoms with Crippen molar-refractivity contribution in [3.63, 3.8) is 0 Å².